The molecule has 0 bridgehead atoms. The molecule has 0 fully saturated rings. The SMILES string of the molecule is CCC(C)(Pc1ccccc1C(C)(C)O)c1cccc(Cc2ccccc2)c1O. The van der Waals surface area contributed by atoms with Crippen molar-refractivity contribution in [2.75, 3.05) is 0 Å². The molecule has 2 atom stereocenters. The average Bonchev–Trinajstić information content (AvgIpc) is 2.70. The summed E-state index contributed by atoms with van der Waals surface area (Å²) in [6, 6.07) is 24.5. The van der Waals surface area contributed by atoms with Crippen molar-refractivity contribution >= 4 is 13.9 Å². The van der Waals surface area contributed by atoms with Crippen molar-refractivity contribution in [1.82, 2.24) is 0 Å². The molecule has 0 aliphatic carbocycles. The Morgan fingerprint density at radius 3 is 2.07 bits per heavy atom. The number of hydrogen-bond acceptors (Lipinski definition) is 2. The van der Waals surface area contributed by atoms with E-state index in [0.717, 1.165) is 28.4 Å². The van der Waals surface area contributed by atoms with E-state index in [1.165, 1.54) is 5.56 Å². The summed E-state index contributed by atoms with van der Waals surface area (Å²) in [6.45, 7) is 8.05. The molecule has 0 radical (unpaired) electrons. The van der Waals surface area contributed by atoms with E-state index < -0.39 is 5.60 Å². The standard InChI is InChI=1S/C26H31O2P/c1-5-26(4,29-23-17-10-9-15-21(23)25(2,3)28)22-16-11-14-20(24(22)27)18-19-12-7-6-8-13-19/h6-17,27-29H,5,18H2,1-4H3. The zero-order chi connectivity index (χ0) is 21.1. The maximum atomic E-state index is 11.2. The van der Waals surface area contributed by atoms with Crippen molar-refractivity contribution in [3.8, 4) is 5.75 Å². The third-order valence-corrected chi connectivity index (χ3v) is 7.54. The van der Waals surface area contributed by atoms with Crippen LogP contribution in [0.15, 0.2) is 72.8 Å². The molecular formula is C26H31O2P. The first-order chi connectivity index (χ1) is 13.7. The molecule has 3 heteroatoms. The van der Waals surface area contributed by atoms with E-state index in [4.69, 9.17) is 0 Å². The van der Waals surface area contributed by atoms with Crippen molar-refractivity contribution in [2.24, 2.45) is 0 Å². The molecule has 2 unspecified atom stereocenters. The predicted molar refractivity (Wildman–Crippen MR) is 125 cm³/mol. The minimum absolute atomic E-state index is 0.210. The zero-order valence-electron chi connectivity index (χ0n) is 17.7. The van der Waals surface area contributed by atoms with Gasteiger partial charge in [0.05, 0.1) is 5.60 Å². The summed E-state index contributed by atoms with van der Waals surface area (Å²) in [7, 11) is 0.439. The van der Waals surface area contributed by atoms with Crippen molar-refractivity contribution < 1.29 is 10.2 Å². The molecule has 0 aliphatic rings. The van der Waals surface area contributed by atoms with Crippen LogP contribution in [0.2, 0.25) is 0 Å². The summed E-state index contributed by atoms with van der Waals surface area (Å²) in [4.78, 5) is 0. The molecule has 0 aromatic heterocycles. The van der Waals surface area contributed by atoms with Crippen LogP contribution < -0.4 is 5.30 Å². The lowest BCUT2D eigenvalue weighted by atomic mass is 9.92. The Balaban J connectivity index is 1.99. The smallest absolute Gasteiger partial charge is 0.123 e. The normalized spacial score (nSPS) is 14.2. The van der Waals surface area contributed by atoms with Gasteiger partial charge in [-0.3, -0.25) is 0 Å². The second kappa shape index (κ2) is 8.69. The van der Waals surface area contributed by atoms with Crippen molar-refractivity contribution in [2.45, 2.75) is 51.3 Å². The average molecular weight is 407 g/mol. The Hall–Kier alpha value is -2.15. The minimum atomic E-state index is -0.893. The lowest BCUT2D eigenvalue weighted by Crippen LogP contribution is -2.26. The molecular weight excluding hydrogens is 375 g/mol. The van der Waals surface area contributed by atoms with Gasteiger partial charge in [-0.1, -0.05) is 95.2 Å². The molecule has 152 valence electrons. The van der Waals surface area contributed by atoms with Crippen LogP contribution in [0.5, 0.6) is 5.75 Å². The van der Waals surface area contributed by atoms with Gasteiger partial charge in [0.15, 0.2) is 0 Å². The van der Waals surface area contributed by atoms with Crippen LogP contribution in [0.25, 0.3) is 0 Å². The first-order valence-corrected chi connectivity index (χ1v) is 11.2. The fraction of sp³-hybridized carbons (Fsp3) is 0.308. The van der Waals surface area contributed by atoms with Crippen molar-refractivity contribution in [1.29, 1.82) is 0 Å². The quantitative estimate of drug-likeness (QED) is 0.484. The molecule has 2 N–H and O–H groups in total. The molecule has 0 spiro atoms. The number of para-hydroxylation sites is 1. The van der Waals surface area contributed by atoms with Crippen LogP contribution >= 0.6 is 8.58 Å². The molecule has 0 saturated heterocycles. The summed E-state index contributed by atoms with van der Waals surface area (Å²) in [5.74, 6) is 0.397. The van der Waals surface area contributed by atoms with Crippen molar-refractivity contribution in [3.63, 3.8) is 0 Å². The monoisotopic (exact) mass is 406 g/mol. The summed E-state index contributed by atoms with van der Waals surface area (Å²) in [5.41, 5.74) is 3.19. The van der Waals surface area contributed by atoms with Crippen molar-refractivity contribution in [3.05, 3.63) is 95.1 Å². The Bertz CT molecular complexity index is 960. The van der Waals surface area contributed by atoms with Gasteiger partial charge in [-0.05, 0) is 42.3 Å². The fourth-order valence-corrected chi connectivity index (χ4v) is 5.58. The van der Waals surface area contributed by atoms with E-state index in [1.54, 1.807) is 0 Å². The van der Waals surface area contributed by atoms with E-state index in [2.05, 4.69) is 32.0 Å². The first-order valence-electron chi connectivity index (χ1n) is 10.2. The second-order valence-corrected chi connectivity index (χ2v) is 10.3. The summed E-state index contributed by atoms with van der Waals surface area (Å²) >= 11 is 0. The number of aromatic hydroxyl groups is 1. The van der Waals surface area contributed by atoms with Crippen LogP contribution in [0, 0.1) is 0 Å². The minimum Gasteiger partial charge on any atom is -0.507 e. The lowest BCUT2D eigenvalue weighted by Gasteiger charge is -2.33. The maximum Gasteiger partial charge on any atom is 0.123 e. The van der Waals surface area contributed by atoms with Crippen LogP contribution in [-0.2, 0) is 17.2 Å². The highest BCUT2D eigenvalue weighted by atomic mass is 31.1. The molecule has 0 saturated carbocycles. The summed E-state index contributed by atoms with van der Waals surface area (Å²) in [6.07, 6.45) is 1.61. The highest BCUT2D eigenvalue weighted by Crippen LogP contribution is 2.48. The summed E-state index contributed by atoms with van der Waals surface area (Å²) < 4.78 is 0. The van der Waals surface area contributed by atoms with Gasteiger partial charge in [0.2, 0.25) is 0 Å². The first kappa shape index (κ1) is 21.6. The Labute approximate surface area is 176 Å². The highest BCUT2D eigenvalue weighted by molar-refractivity contribution is 7.48. The van der Waals surface area contributed by atoms with Crippen LogP contribution in [0.3, 0.4) is 0 Å². The Morgan fingerprint density at radius 1 is 0.793 bits per heavy atom. The molecule has 3 rings (SSSR count). The van der Waals surface area contributed by atoms with Gasteiger partial charge in [0, 0.05) is 17.1 Å². The number of benzene rings is 3. The molecule has 0 aliphatic heterocycles. The van der Waals surface area contributed by atoms with Crippen LogP contribution in [-0.4, -0.2) is 10.2 Å². The van der Waals surface area contributed by atoms with Gasteiger partial charge in [0.25, 0.3) is 0 Å². The Kier molecular flexibility index (Phi) is 6.46. The van der Waals surface area contributed by atoms with Crippen LogP contribution in [0.1, 0.15) is 56.4 Å². The molecule has 2 nitrogen and oxygen atoms in total. The van der Waals surface area contributed by atoms with E-state index in [9.17, 15) is 10.2 Å². The molecule has 0 heterocycles. The van der Waals surface area contributed by atoms with Gasteiger partial charge in [0.1, 0.15) is 5.75 Å². The zero-order valence-corrected chi connectivity index (χ0v) is 18.7. The predicted octanol–water partition coefficient (Wildman–Crippen LogP) is 5.84. The number of phenolic OH excluding ortho intramolecular Hbond substituents is 1. The molecule has 3 aromatic carbocycles. The Morgan fingerprint density at radius 2 is 1.41 bits per heavy atom. The highest BCUT2D eigenvalue weighted by Gasteiger charge is 2.31. The van der Waals surface area contributed by atoms with Gasteiger partial charge in [-0.15, -0.1) is 0 Å². The van der Waals surface area contributed by atoms with Gasteiger partial charge < -0.3 is 10.2 Å². The largest absolute Gasteiger partial charge is 0.507 e. The third kappa shape index (κ3) is 4.89. The molecule has 29 heavy (non-hydrogen) atoms. The van der Waals surface area contributed by atoms with E-state index in [1.807, 2.05) is 68.4 Å². The maximum absolute atomic E-state index is 11.2. The van der Waals surface area contributed by atoms with E-state index in [-0.39, 0.29) is 5.16 Å². The second-order valence-electron chi connectivity index (χ2n) is 8.39. The van der Waals surface area contributed by atoms with Gasteiger partial charge >= 0.3 is 0 Å². The number of rotatable bonds is 7. The topological polar surface area (TPSA) is 40.5 Å². The van der Waals surface area contributed by atoms with E-state index in [0.29, 0.717) is 20.8 Å². The van der Waals surface area contributed by atoms with Crippen LogP contribution in [0.4, 0.5) is 0 Å². The fourth-order valence-electron chi connectivity index (χ4n) is 3.76. The molecule has 0 amide bonds. The number of phenols is 1. The molecule has 3 aromatic rings. The number of hydrogen-bond donors (Lipinski definition) is 2. The van der Waals surface area contributed by atoms with Gasteiger partial charge in [-0.2, -0.15) is 0 Å². The summed E-state index contributed by atoms with van der Waals surface area (Å²) in [5, 5.41) is 22.7. The van der Waals surface area contributed by atoms with Gasteiger partial charge in [-0.25, -0.2) is 0 Å². The lowest BCUT2D eigenvalue weighted by molar-refractivity contribution is 0.0797. The number of aliphatic hydroxyl groups is 1. The van der Waals surface area contributed by atoms with E-state index >= 15 is 0 Å². The third-order valence-electron chi connectivity index (χ3n) is 5.66.